The first-order valence-electron chi connectivity index (χ1n) is 8.96. The summed E-state index contributed by atoms with van der Waals surface area (Å²) in [6, 6.07) is 23.7. The smallest absolute Gasteiger partial charge is 0.255 e. The van der Waals surface area contributed by atoms with Crippen molar-refractivity contribution in [1.82, 2.24) is 9.66 Å². The number of imidazole rings is 1. The van der Waals surface area contributed by atoms with E-state index in [-0.39, 0.29) is 11.9 Å². The Balaban J connectivity index is 1.54. The third kappa shape index (κ3) is 2.83. The Morgan fingerprint density at radius 2 is 1.78 bits per heavy atom. The summed E-state index contributed by atoms with van der Waals surface area (Å²) in [6.45, 7) is 0. The third-order valence-electron chi connectivity index (χ3n) is 4.98. The van der Waals surface area contributed by atoms with Crippen LogP contribution in [0.4, 0.5) is 5.69 Å². The quantitative estimate of drug-likeness (QED) is 0.582. The fraction of sp³-hybridized carbons (Fsp3) is 0.0909. The summed E-state index contributed by atoms with van der Waals surface area (Å²) in [7, 11) is 0. The van der Waals surface area contributed by atoms with E-state index in [2.05, 4.69) is 33.9 Å². The van der Waals surface area contributed by atoms with E-state index in [1.165, 1.54) is 5.56 Å². The highest BCUT2D eigenvalue weighted by Gasteiger charge is 2.22. The normalized spacial score (nSPS) is 15.3. The van der Waals surface area contributed by atoms with Gasteiger partial charge in [-0.1, -0.05) is 48.5 Å². The monoisotopic (exact) mass is 354 g/mol. The van der Waals surface area contributed by atoms with Gasteiger partial charge in [0, 0.05) is 17.7 Å². The molecule has 2 bridgehead atoms. The maximum atomic E-state index is 12.7. The summed E-state index contributed by atoms with van der Waals surface area (Å²) in [5.74, 6) is -0.112. The molecule has 0 saturated heterocycles. The minimum absolute atomic E-state index is 0.0934. The van der Waals surface area contributed by atoms with Crippen LogP contribution in [-0.4, -0.2) is 15.6 Å². The maximum absolute atomic E-state index is 12.7. The number of aromatic nitrogens is 2. The molecule has 1 amide bonds. The first-order chi connectivity index (χ1) is 13.3. The molecule has 3 aromatic carbocycles. The average molecular weight is 354 g/mol. The summed E-state index contributed by atoms with van der Waals surface area (Å²) in [5.41, 5.74) is 9.13. The van der Waals surface area contributed by atoms with E-state index >= 15 is 0 Å². The lowest BCUT2D eigenvalue weighted by atomic mass is 9.98. The molecule has 5 rings (SSSR count). The Bertz CT molecular complexity index is 1120. The van der Waals surface area contributed by atoms with Crippen LogP contribution in [0, 0.1) is 0 Å². The third-order valence-corrected chi connectivity index (χ3v) is 4.98. The number of hydrogen-bond acceptors (Lipinski definition) is 3. The van der Waals surface area contributed by atoms with Crippen molar-refractivity contribution in [1.29, 1.82) is 0 Å². The Morgan fingerprint density at radius 3 is 2.56 bits per heavy atom. The number of rotatable bonds is 3. The Kier molecular flexibility index (Phi) is 3.64. The lowest BCUT2D eigenvalue weighted by molar-refractivity contribution is 0.102. The van der Waals surface area contributed by atoms with Crippen LogP contribution in [0.15, 0.2) is 79.1 Å². The van der Waals surface area contributed by atoms with E-state index in [0.717, 1.165) is 28.7 Å². The number of carbonyl (C=O) groups is 1. The van der Waals surface area contributed by atoms with E-state index in [0.29, 0.717) is 5.56 Å². The molecule has 0 fully saturated rings. The fourth-order valence-corrected chi connectivity index (χ4v) is 3.58. The molecule has 4 aromatic rings. The molecule has 1 aliphatic rings. The largest absolute Gasteiger partial charge is 0.322 e. The van der Waals surface area contributed by atoms with Gasteiger partial charge in [-0.2, -0.15) is 0 Å². The van der Waals surface area contributed by atoms with Crippen LogP contribution in [0.1, 0.15) is 27.5 Å². The van der Waals surface area contributed by atoms with E-state index < -0.39 is 0 Å². The zero-order chi connectivity index (χ0) is 18.2. The molecule has 2 heterocycles. The minimum Gasteiger partial charge on any atom is -0.322 e. The Hall–Kier alpha value is -3.60. The number of fused-ring (bicyclic) bond motifs is 1. The highest BCUT2D eigenvalue weighted by Crippen LogP contribution is 2.31. The molecule has 5 nitrogen and oxygen atoms in total. The van der Waals surface area contributed by atoms with E-state index in [1.54, 1.807) is 6.33 Å². The zero-order valence-corrected chi connectivity index (χ0v) is 14.6. The molecule has 0 radical (unpaired) electrons. The molecule has 0 spiro atoms. The summed E-state index contributed by atoms with van der Waals surface area (Å²) in [6.07, 6.45) is 2.56. The van der Waals surface area contributed by atoms with Crippen molar-refractivity contribution in [2.24, 2.45) is 0 Å². The summed E-state index contributed by atoms with van der Waals surface area (Å²) >= 11 is 0. The molecule has 132 valence electrons. The van der Waals surface area contributed by atoms with Gasteiger partial charge in [0.1, 0.15) is 6.33 Å². The molecule has 1 aromatic heterocycles. The van der Waals surface area contributed by atoms with Gasteiger partial charge in [-0.3, -0.25) is 4.79 Å². The molecule has 0 aliphatic carbocycles. The topological polar surface area (TPSA) is 59.0 Å². The predicted octanol–water partition coefficient (Wildman–Crippen LogP) is 4.13. The van der Waals surface area contributed by atoms with Gasteiger partial charge in [0.2, 0.25) is 0 Å². The van der Waals surface area contributed by atoms with Gasteiger partial charge in [0.05, 0.1) is 17.1 Å². The van der Waals surface area contributed by atoms with Crippen LogP contribution in [0.5, 0.6) is 0 Å². The van der Waals surface area contributed by atoms with Crippen LogP contribution in [-0.2, 0) is 6.42 Å². The summed E-state index contributed by atoms with van der Waals surface area (Å²) < 4.78 is 1.96. The maximum Gasteiger partial charge on any atom is 0.255 e. The van der Waals surface area contributed by atoms with Crippen molar-refractivity contribution < 1.29 is 4.79 Å². The van der Waals surface area contributed by atoms with Gasteiger partial charge in [-0.15, -0.1) is 0 Å². The van der Waals surface area contributed by atoms with Gasteiger partial charge < -0.3 is 10.7 Å². The lowest BCUT2D eigenvalue weighted by Gasteiger charge is -2.20. The molecule has 2 N–H and O–H groups in total. The van der Waals surface area contributed by atoms with E-state index in [4.69, 9.17) is 0 Å². The van der Waals surface area contributed by atoms with Gasteiger partial charge in [-0.05, 0) is 35.4 Å². The number of nitrogens with zero attached hydrogens (tertiary/aromatic N) is 2. The summed E-state index contributed by atoms with van der Waals surface area (Å²) in [5, 5.41) is 3.07. The SMILES string of the molecule is O=C(Nc1cc2ncn3c2cc1C[C@@H](c1ccccc1)N3)c1ccccc1. The van der Waals surface area contributed by atoms with Gasteiger partial charge in [0.25, 0.3) is 5.91 Å². The Labute approximate surface area is 156 Å². The van der Waals surface area contributed by atoms with E-state index in [1.807, 2.05) is 59.3 Å². The first-order valence-corrected chi connectivity index (χ1v) is 8.96. The predicted molar refractivity (Wildman–Crippen MR) is 106 cm³/mol. The minimum atomic E-state index is -0.112. The molecule has 1 aliphatic heterocycles. The first kappa shape index (κ1) is 15.6. The highest BCUT2D eigenvalue weighted by atomic mass is 16.1. The van der Waals surface area contributed by atoms with E-state index in [9.17, 15) is 4.79 Å². The fourth-order valence-electron chi connectivity index (χ4n) is 3.58. The standard InChI is InChI=1S/C22H18N4O/c27-22(16-9-5-2-6-10-16)24-18-13-20-21-12-17(18)11-19(25-26(21)14-23-20)15-7-3-1-4-8-15/h1-10,12-14,19,25H,11H2,(H,24,27)/t19-/m0/s1. The van der Waals surface area contributed by atoms with Crippen LogP contribution in [0.25, 0.3) is 11.0 Å². The number of hydrogen-bond donors (Lipinski definition) is 2. The summed E-state index contributed by atoms with van der Waals surface area (Å²) in [4.78, 5) is 17.1. The second-order valence-corrected chi connectivity index (χ2v) is 6.73. The molecule has 5 heteroatoms. The molecular formula is C22H18N4O. The van der Waals surface area contributed by atoms with Crippen molar-refractivity contribution in [2.45, 2.75) is 12.5 Å². The van der Waals surface area contributed by atoms with Crippen molar-refractivity contribution in [2.75, 3.05) is 10.7 Å². The molecule has 0 unspecified atom stereocenters. The number of nitrogens with one attached hydrogen (secondary N) is 2. The average Bonchev–Trinajstić information content (AvgIpc) is 3.02. The number of carbonyl (C=O) groups excluding carboxylic acids is 1. The van der Waals surface area contributed by atoms with Crippen LogP contribution in [0.3, 0.4) is 0 Å². The number of amides is 1. The van der Waals surface area contributed by atoms with Crippen LogP contribution < -0.4 is 10.7 Å². The molecular weight excluding hydrogens is 336 g/mol. The van der Waals surface area contributed by atoms with Crippen molar-refractivity contribution >= 4 is 22.6 Å². The number of benzene rings is 3. The lowest BCUT2D eigenvalue weighted by Crippen LogP contribution is -2.21. The molecule has 1 atom stereocenters. The Morgan fingerprint density at radius 1 is 1.04 bits per heavy atom. The van der Waals surface area contributed by atoms with Crippen molar-refractivity contribution in [3.8, 4) is 0 Å². The molecule has 27 heavy (non-hydrogen) atoms. The highest BCUT2D eigenvalue weighted by molar-refractivity contribution is 6.05. The van der Waals surface area contributed by atoms with Crippen LogP contribution >= 0.6 is 0 Å². The van der Waals surface area contributed by atoms with Crippen LogP contribution in [0.2, 0.25) is 0 Å². The van der Waals surface area contributed by atoms with Crippen molar-refractivity contribution in [3.05, 3.63) is 95.8 Å². The second-order valence-electron chi connectivity index (χ2n) is 6.73. The van der Waals surface area contributed by atoms with Gasteiger partial charge >= 0.3 is 0 Å². The van der Waals surface area contributed by atoms with Gasteiger partial charge in [0.15, 0.2) is 0 Å². The molecule has 0 saturated carbocycles. The van der Waals surface area contributed by atoms with Gasteiger partial charge in [-0.25, -0.2) is 9.66 Å². The van der Waals surface area contributed by atoms with Crippen molar-refractivity contribution in [3.63, 3.8) is 0 Å². The second kappa shape index (κ2) is 6.29. The zero-order valence-electron chi connectivity index (χ0n) is 14.6. The number of anilines is 1.